The molecular weight excluding hydrogens is 384 g/mol. The third kappa shape index (κ3) is 1.86. The van der Waals surface area contributed by atoms with Gasteiger partial charge in [-0.05, 0) is 28.1 Å². The second-order valence-electron chi connectivity index (χ2n) is 2.44. The van der Waals surface area contributed by atoms with Crippen molar-refractivity contribution in [3.05, 3.63) is 34.2 Å². The summed E-state index contributed by atoms with van der Waals surface area (Å²) in [4.78, 5) is 0. The van der Waals surface area contributed by atoms with Gasteiger partial charge in [0.15, 0.2) is 0 Å². The minimum Gasteiger partial charge on any atom is -0.316 e. The van der Waals surface area contributed by atoms with Crippen molar-refractivity contribution in [1.82, 2.24) is 9.03 Å². The van der Waals surface area contributed by atoms with E-state index in [0.29, 0.717) is 0 Å². The van der Waals surface area contributed by atoms with Gasteiger partial charge in [-0.2, -0.15) is 0 Å². The number of allylic oxidation sites excluding steroid dienone is 4. The van der Waals surface area contributed by atoms with Crippen LogP contribution in [0.1, 0.15) is 0 Å². The van der Waals surface area contributed by atoms with Crippen molar-refractivity contribution >= 4 is 59.9 Å². The van der Waals surface area contributed by atoms with Gasteiger partial charge in [-0.25, -0.2) is 0 Å². The number of halogens is 3. The lowest BCUT2D eigenvalue weighted by Crippen LogP contribution is -2.18. The summed E-state index contributed by atoms with van der Waals surface area (Å²) in [6.45, 7) is 0. The van der Waals surface area contributed by atoms with E-state index in [1.807, 2.05) is 12.3 Å². The van der Waals surface area contributed by atoms with Crippen molar-refractivity contribution in [2.24, 2.45) is 0 Å². The highest BCUT2D eigenvalue weighted by atomic mass is 79.9. The molecule has 0 aromatic carbocycles. The first kappa shape index (κ1) is 10.1. The van der Waals surface area contributed by atoms with Crippen molar-refractivity contribution < 1.29 is 0 Å². The molecule has 0 spiro atoms. The van der Waals surface area contributed by atoms with E-state index in [9.17, 15) is 0 Å². The van der Waals surface area contributed by atoms with E-state index in [1.165, 1.54) is 5.70 Å². The predicted octanol–water partition coefficient (Wildman–Crippen LogP) is 3.59. The van der Waals surface area contributed by atoms with Gasteiger partial charge in [-0.3, -0.25) is 4.31 Å². The van der Waals surface area contributed by atoms with Crippen molar-refractivity contribution in [3.63, 3.8) is 0 Å². The normalized spacial score (nSPS) is 20.6. The third-order valence-corrected chi connectivity index (χ3v) is 4.08. The third-order valence-electron chi connectivity index (χ3n) is 1.66. The minimum absolute atomic E-state index is 0.174. The molecule has 0 aromatic rings. The van der Waals surface area contributed by atoms with Crippen molar-refractivity contribution in [3.8, 4) is 0 Å². The SMILES string of the molecule is BrC1=CC=C(C(Br)Br)N2SNC=C12. The summed E-state index contributed by atoms with van der Waals surface area (Å²) in [5.41, 5.74) is 2.32. The van der Waals surface area contributed by atoms with Crippen LogP contribution in [0, 0.1) is 0 Å². The Kier molecular flexibility index (Phi) is 3.12. The minimum atomic E-state index is 0.174. The molecule has 0 saturated carbocycles. The van der Waals surface area contributed by atoms with Crippen LogP contribution in [0.4, 0.5) is 0 Å². The van der Waals surface area contributed by atoms with Gasteiger partial charge in [0.05, 0.1) is 23.5 Å². The van der Waals surface area contributed by atoms with Gasteiger partial charge in [0.25, 0.3) is 0 Å². The largest absolute Gasteiger partial charge is 0.316 e. The van der Waals surface area contributed by atoms with Crippen molar-refractivity contribution in [1.29, 1.82) is 0 Å². The summed E-state index contributed by atoms with van der Waals surface area (Å²) < 4.78 is 6.50. The molecule has 2 rings (SSSR count). The highest BCUT2D eigenvalue weighted by molar-refractivity contribution is 9.24. The summed E-state index contributed by atoms with van der Waals surface area (Å²) in [6, 6.07) is 0. The Morgan fingerprint density at radius 1 is 1.38 bits per heavy atom. The average molecular weight is 389 g/mol. The van der Waals surface area contributed by atoms with Crippen LogP contribution in [-0.4, -0.2) is 8.04 Å². The molecule has 70 valence electrons. The Balaban J connectivity index is 2.37. The zero-order valence-corrected chi connectivity index (χ0v) is 11.9. The molecule has 0 fully saturated rings. The zero-order chi connectivity index (χ0) is 9.42. The number of nitrogens with zero attached hydrogens (tertiary/aromatic N) is 1. The molecule has 2 aliphatic rings. The zero-order valence-electron chi connectivity index (χ0n) is 6.30. The van der Waals surface area contributed by atoms with Crippen LogP contribution in [0.5, 0.6) is 0 Å². The molecule has 2 aliphatic heterocycles. The van der Waals surface area contributed by atoms with Gasteiger partial charge >= 0.3 is 0 Å². The fourth-order valence-corrected chi connectivity index (χ4v) is 3.39. The highest BCUT2D eigenvalue weighted by Gasteiger charge is 2.27. The number of nitrogens with one attached hydrogen (secondary N) is 1. The van der Waals surface area contributed by atoms with Crippen molar-refractivity contribution in [2.75, 3.05) is 0 Å². The fraction of sp³-hybridized carbons (Fsp3) is 0.143. The number of hydrogen-bond donors (Lipinski definition) is 1. The van der Waals surface area contributed by atoms with E-state index in [4.69, 9.17) is 0 Å². The molecule has 2 heterocycles. The average Bonchev–Trinajstić information content (AvgIpc) is 2.53. The van der Waals surface area contributed by atoms with Crippen LogP contribution in [0.3, 0.4) is 0 Å². The van der Waals surface area contributed by atoms with Gasteiger partial charge in [0.2, 0.25) is 0 Å². The number of fused-ring (bicyclic) bond motifs is 1. The predicted molar refractivity (Wildman–Crippen MR) is 67.4 cm³/mol. The molecule has 2 nitrogen and oxygen atoms in total. The maximum absolute atomic E-state index is 3.49. The fourth-order valence-electron chi connectivity index (χ4n) is 1.07. The Hall–Kier alpha value is 0.610. The first-order chi connectivity index (χ1) is 6.20. The molecule has 1 N–H and O–H groups in total. The van der Waals surface area contributed by atoms with E-state index in [1.54, 1.807) is 12.1 Å². The molecule has 0 radical (unpaired) electrons. The molecule has 0 aromatic heterocycles. The molecule has 0 amide bonds. The first-order valence-corrected chi connectivity index (χ1v) is 6.88. The molecule has 13 heavy (non-hydrogen) atoms. The van der Waals surface area contributed by atoms with E-state index in [0.717, 1.165) is 10.2 Å². The van der Waals surface area contributed by atoms with Gasteiger partial charge in [-0.1, -0.05) is 31.9 Å². The van der Waals surface area contributed by atoms with Crippen LogP contribution >= 0.6 is 59.9 Å². The molecular formula is C7H5Br3N2S. The van der Waals surface area contributed by atoms with Gasteiger partial charge in [0.1, 0.15) is 3.74 Å². The number of alkyl halides is 2. The number of hydrogen-bond acceptors (Lipinski definition) is 3. The summed E-state index contributed by atoms with van der Waals surface area (Å²) in [5, 5.41) is 0. The lowest BCUT2D eigenvalue weighted by atomic mass is 10.2. The lowest BCUT2D eigenvalue weighted by molar-refractivity contribution is 0.728. The smallest absolute Gasteiger partial charge is 0.111 e. The maximum Gasteiger partial charge on any atom is 0.111 e. The van der Waals surface area contributed by atoms with Crippen LogP contribution in [0.15, 0.2) is 34.2 Å². The molecule has 0 atom stereocenters. The summed E-state index contributed by atoms with van der Waals surface area (Å²) in [7, 11) is 0. The highest BCUT2D eigenvalue weighted by Crippen LogP contribution is 2.40. The molecule has 6 heteroatoms. The van der Waals surface area contributed by atoms with E-state index < -0.39 is 0 Å². The molecule has 0 aliphatic carbocycles. The summed E-state index contributed by atoms with van der Waals surface area (Å²) in [5.74, 6) is 0. The molecule has 0 saturated heterocycles. The summed E-state index contributed by atoms with van der Waals surface area (Å²) in [6.07, 6.45) is 6.08. The monoisotopic (exact) mass is 386 g/mol. The molecule has 0 bridgehead atoms. The Labute approximate surface area is 106 Å². The van der Waals surface area contributed by atoms with Crippen LogP contribution < -0.4 is 4.72 Å². The van der Waals surface area contributed by atoms with Crippen LogP contribution in [0.25, 0.3) is 0 Å². The Morgan fingerprint density at radius 3 is 2.85 bits per heavy atom. The van der Waals surface area contributed by atoms with Gasteiger partial charge in [0, 0.05) is 10.7 Å². The Bertz CT molecular complexity index is 322. The standard InChI is InChI=1S/C7H5Br3N2S/c8-4-1-2-5(7(9)10)12-6(4)3-11-13-12/h1-3,7,11H. The second-order valence-corrected chi connectivity index (χ2v) is 7.14. The topological polar surface area (TPSA) is 15.3 Å². The van der Waals surface area contributed by atoms with Crippen LogP contribution in [-0.2, 0) is 0 Å². The quantitative estimate of drug-likeness (QED) is 0.546. The first-order valence-electron chi connectivity index (χ1n) is 3.49. The number of rotatable bonds is 1. The van der Waals surface area contributed by atoms with Gasteiger partial charge < -0.3 is 4.72 Å². The maximum atomic E-state index is 3.49. The Morgan fingerprint density at radius 2 is 2.15 bits per heavy atom. The van der Waals surface area contributed by atoms with Gasteiger partial charge in [-0.15, -0.1) is 0 Å². The van der Waals surface area contributed by atoms with Crippen LogP contribution in [0.2, 0.25) is 0 Å². The van der Waals surface area contributed by atoms with E-state index in [2.05, 4.69) is 62.9 Å². The second kappa shape index (κ2) is 4.00. The van der Waals surface area contributed by atoms with E-state index in [-0.39, 0.29) is 3.74 Å². The van der Waals surface area contributed by atoms with E-state index >= 15 is 0 Å². The van der Waals surface area contributed by atoms with Crippen molar-refractivity contribution in [2.45, 2.75) is 3.74 Å². The molecule has 0 unspecified atom stereocenters. The lowest BCUT2D eigenvalue weighted by Gasteiger charge is -2.25. The summed E-state index contributed by atoms with van der Waals surface area (Å²) >= 11 is 12.0.